The molecule has 3 aliphatic heterocycles. The van der Waals surface area contributed by atoms with E-state index in [0.29, 0.717) is 32.4 Å². The Balaban J connectivity index is 1.16. The molecule has 5 amide bonds. The van der Waals surface area contributed by atoms with Crippen LogP contribution < -0.4 is 15.4 Å². The van der Waals surface area contributed by atoms with Crippen molar-refractivity contribution in [2.75, 3.05) is 6.54 Å². The number of hydrogen-bond donors (Lipinski definition) is 3. The van der Waals surface area contributed by atoms with E-state index in [0.717, 1.165) is 62.5 Å². The zero-order chi connectivity index (χ0) is 35.9. The number of nitrogens with zero attached hydrogens (tertiary/aromatic N) is 2. The number of fused-ring (bicyclic) bond motifs is 3. The van der Waals surface area contributed by atoms with Gasteiger partial charge in [-0.15, -0.1) is 6.58 Å². The van der Waals surface area contributed by atoms with Crippen LogP contribution in [0, 0.1) is 11.8 Å². The van der Waals surface area contributed by atoms with Crippen molar-refractivity contribution in [1.29, 1.82) is 0 Å². The van der Waals surface area contributed by atoms with Gasteiger partial charge in [-0.25, -0.2) is 13.2 Å². The molecule has 13 nitrogen and oxygen atoms in total. The molecule has 4 fully saturated rings. The maximum Gasteiger partial charge on any atom is 0.410 e. The molecule has 5 atom stereocenters. The lowest BCUT2D eigenvalue weighted by molar-refractivity contribution is -0.143. The van der Waals surface area contributed by atoms with Crippen molar-refractivity contribution in [2.45, 2.75) is 132 Å². The van der Waals surface area contributed by atoms with E-state index >= 15 is 0 Å². The first-order chi connectivity index (χ1) is 24.5. The minimum Gasteiger partial charge on any atom is -0.444 e. The van der Waals surface area contributed by atoms with E-state index in [1.54, 1.807) is 4.90 Å². The summed E-state index contributed by atoms with van der Waals surface area (Å²) in [5, 5.41) is 5.21. The van der Waals surface area contributed by atoms with Crippen molar-refractivity contribution in [3.05, 3.63) is 47.5 Å². The zero-order valence-corrected chi connectivity index (χ0v) is 29.9. The van der Waals surface area contributed by atoms with Gasteiger partial charge in [-0.1, -0.05) is 50.0 Å². The highest BCUT2D eigenvalue weighted by Crippen LogP contribution is 2.45. The molecule has 276 valence electrons. The van der Waals surface area contributed by atoms with Crippen LogP contribution in [0.15, 0.2) is 30.9 Å². The highest BCUT2D eigenvalue weighted by atomic mass is 32.2. The second-order valence-electron chi connectivity index (χ2n) is 15.3. The first-order valence-corrected chi connectivity index (χ1v) is 20.2. The Hall–Kier alpha value is -3.94. The summed E-state index contributed by atoms with van der Waals surface area (Å²) in [7, 11) is -3.88. The summed E-state index contributed by atoms with van der Waals surface area (Å²) in [6, 6.07) is 4.11. The lowest BCUT2D eigenvalue weighted by Crippen LogP contribution is -2.59. The third kappa shape index (κ3) is 7.38. The van der Waals surface area contributed by atoms with Crippen LogP contribution in [-0.4, -0.2) is 83.5 Å². The van der Waals surface area contributed by atoms with Gasteiger partial charge in [0, 0.05) is 31.8 Å². The average Bonchev–Trinajstić information content (AvgIpc) is 4.01. The van der Waals surface area contributed by atoms with Crippen molar-refractivity contribution in [3.8, 4) is 0 Å². The Morgan fingerprint density at radius 1 is 0.961 bits per heavy atom. The second kappa shape index (κ2) is 14.2. The minimum atomic E-state index is -3.88. The SMILES string of the molecule is C=C[C@H]1C[C@]1(NC(=O)[C@@H]1C[C@@H]2CN1C(=O)[C@H](C1CCCCC1)NC(=O)CCCCCc1cccc3c1CN(C3)C(=O)O2)C(=O)NS(=O)(=O)C1CC1. The molecule has 0 spiro atoms. The summed E-state index contributed by atoms with van der Waals surface area (Å²) in [5.74, 6) is -2.72. The Morgan fingerprint density at radius 3 is 2.41 bits per heavy atom. The Kier molecular flexibility index (Phi) is 9.90. The molecule has 3 N–H and O–H groups in total. The van der Waals surface area contributed by atoms with E-state index < -0.39 is 68.7 Å². The van der Waals surface area contributed by atoms with Gasteiger partial charge in [0.05, 0.1) is 11.8 Å². The van der Waals surface area contributed by atoms with Gasteiger partial charge in [-0.2, -0.15) is 0 Å². The van der Waals surface area contributed by atoms with Gasteiger partial charge < -0.3 is 20.3 Å². The molecule has 3 aliphatic carbocycles. The van der Waals surface area contributed by atoms with E-state index in [1.807, 2.05) is 12.1 Å². The van der Waals surface area contributed by atoms with Crippen molar-refractivity contribution in [2.24, 2.45) is 11.8 Å². The zero-order valence-electron chi connectivity index (χ0n) is 29.1. The molecule has 6 aliphatic rings. The topological polar surface area (TPSA) is 171 Å². The second-order valence-corrected chi connectivity index (χ2v) is 17.3. The number of benzene rings is 1. The van der Waals surface area contributed by atoms with E-state index in [-0.39, 0.29) is 37.6 Å². The number of ether oxygens (including phenoxy) is 1. The smallest absolute Gasteiger partial charge is 0.410 e. The molecule has 3 saturated carbocycles. The molecular weight excluding hydrogens is 675 g/mol. The molecule has 1 aromatic carbocycles. The summed E-state index contributed by atoms with van der Waals surface area (Å²) in [6.45, 7) is 4.51. The quantitative estimate of drug-likeness (QED) is 0.361. The van der Waals surface area contributed by atoms with Crippen molar-refractivity contribution < 1.29 is 37.1 Å². The number of carbonyl (C=O) groups excluding carboxylic acids is 5. The predicted octanol–water partition coefficient (Wildman–Crippen LogP) is 2.96. The van der Waals surface area contributed by atoms with Crippen LogP contribution in [0.1, 0.15) is 100 Å². The summed E-state index contributed by atoms with van der Waals surface area (Å²) >= 11 is 0. The molecular formula is C37H49N5O8S. The fourth-order valence-corrected chi connectivity index (χ4v) is 9.88. The molecule has 0 aromatic heterocycles. The van der Waals surface area contributed by atoms with Crippen LogP contribution >= 0.6 is 0 Å². The fraction of sp³-hybridized carbons (Fsp3) is 0.649. The average molecular weight is 724 g/mol. The summed E-state index contributed by atoms with van der Waals surface area (Å²) in [4.78, 5) is 72.3. The fourth-order valence-electron chi connectivity index (χ4n) is 8.52. The normalized spacial score (nSPS) is 30.5. The van der Waals surface area contributed by atoms with Crippen LogP contribution in [-0.2, 0) is 53.4 Å². The van der Waals surface area contributed by atoms with Gasteiger partial charge in [0.15, 0.2) is 0 Å². The van der Waals surface area contributed by atoms with E-state index in [1.165, 1.54) is 16.5 Å². The summed E-state index contributed by atoms with van der Waals surface area (Å²) < 4.78 is 33.5. The Labute approximate surface area is 299 Å². The van der Waals surface area contributed by atoms with Gasteiger partial charge in [0.1, 0.15) is 23.7 Å². The number of amides is 5. The largest absolute Gasteiger partial charge is 0.444 e. The first-order valence-electron chi connectivity index (χ1n) is 18.6. The molecule has 0 unspecified atom stereocenters. The summed E-state index contributed by atoms with van der Waals surface area (Å²) in [6.07, 6.45) is 9.17. The Bertz CT molecular complexity index is 1710. The van der Waals surface area contributed by atoms with Crippen molar-refractivity contribution in [3.63, 3.8) is 0 Å². The number of nitrogens with one attached hydrogen (secondary N) is 3. The van der Waals surface area contributed by atoms with Gasteiger partial charge in [0.2, 0.25) is 27.7 Å². The lowest BCUT2D eigenvalue weighted by atomic mass is 9.83. The molecule has 14 heteroatoms. The third-order valence-corrected chi connectivity index (χ3v) is 13.6. The number of rotatable bonds is 7. The standard InChI is InChI=1S/C37H49N5O8S/c1-2-26-19-37(26,35(46)40-51(48,49)28-16-17-28)39-33(44)30-18-27-21-42(30)34(45)32(24-11-6-3-7-12-24)38-31(43)15-8-4-5-10-23-13-9-14-25-20-41(22-29(23)25)36(47)50-27/h2,9,13-14,24,26-28,30,32H,1,3-8,10-12,15-22H2,(H,38,43)(H,39,44)(H,40,46)/t26-,27+,30-,32-,37+/m0/s1. The van der Waals surface area contributed by atoms with E-state index in [4.69, 9.17) is 4.74 Å². The van der Waals surface area contributed by atoms with Crippen LogP contribution in [0.25, 0.3) is 0 Å². The van der Waals surface area contributed by atoms with Gasteiger partial charge in [0.25, 0.3) is 5.91 Å². The van der Waals surface area contributed by atoms with Gasteiger partial charge in [-0.05, 0) is 74.0 Å². The molecule has 51 heavy (non-hydrogen) atoms. The molecule has 7 rings (SSSR count). The monoisotopic (exact) mass is 723 g/mol. The number of carbonyl (C=O) groups is 5. The minimum absolute atomic E-state index is 0.0164. The molecule has 1 saturated heterocycles. The lowest BCUT2D eigenvalue weighted by Gasteiger charge is -2.35. The van der Waals surface area contributed by atoms with Crippen LogP contribution in [0.2, 0.25) is 0 Å². The maximum atomic E-state index is 14.6. The number of aryl methyl sites for hydroxylation is 1. The molecule has 3 heterocycles. The van der Waals surface area contributed by atoms with Gasteiger partial charge >= 0.3 is 6.09 Å². The maximum absolute atomic E-state index is 14.6. The first kappa shape index (κ1) is 35.5. The third-order valence-electron chi connectivity index (χ3n) is 11.8. The Morgan fingerprint density at radius 2 is 1.69 bits per heavy atom. The van der Waals surface area contributed by atoms with Gasteiger partial charge in [-0.3, -0.25) is 28.8 Å². The molecule has 1 aromatic rings. The van der Waals surface area contributed by atoms with Crippen LogP contribution in [0.3, 0.4) is 0 Å². The molecule has 0 radical (unpaired) electrons. The van der Waals surface area contributed by atoms with E-state index in [9.17, 15) is 32.4 Å². The van der Waals surface area contributed by atoms with Crippen LogP contribution in [0.5, 0.6) is 0 Å². The van der Waals surface area contributed by atoms with Crippen molar-refractivity contribution in [1.82, 2.24) is 25.2 Å². The number of hydrogen-bond acceptors (Lipinski definition) is 8. The number of sulfonamides is 1. The van der Waals surface area contributed by atoms with Crippen molar-refractivity contribution >= 4 is 39.7 Å². The van der Waals surface area contributed by atoms with E-state index in [2.05, 4.69) is 28.0 Å². The van der Waals surface area contributed by atoms with Crippen LogP contribution in [0.4, 0.5) is 4.79 Å². The predicted molar refractivity (Wildman–Crippen MR) is 186 cm³/mol. The molecule has 4 bridgehead atoms. The highest BCUT2D eigenvalue weighted by Gasteiger charge is 2.62. The summed E-state index contributed by atoms with van der Waals surface area (Å²) in [5.41, 5.74) is 1.82. The highest BCUT2D eigenvalue weighted by molar-refractivity contribution is 7.91.